The van der Waals surface area contributed by atoms with Crippen molar-refractivity contribution in [2.45, 2.75) is 31.8 Å². The fourth-order valence-electron chi connectivity index (χ4n) is 8.38. The number of allylic oxidation sites excluding steroid dienone is 5. The lowest BCUT2D eigenvalue weighted by molar-refractivity contribution is -0.115. The van der Waals surface area contributed by atoms with E-state index in [2.05, 4.69) is 94.9 Å². The van der Waals surface area contributed by atoms with Crippen molar-refractivity contribution in [1.82, 2.24) is 9.97 Å². The van der Waals surface area contributed by atoms with Crippen LogP contribution in [0.15, 0.2) is 149 Å². The lowest BCUT2D eigenvalue weighted by Crippen LogP contribution is -2.37. The zero-order valence-corrected chi connectivity index (χ0v) is 29.5. The van der Waals surface area contributed by atoms with Crippen LogP contribution in [0.3, 0.4) is 0 Å². The molecule has 3 aliphatic carbocycles. The highest BCUT2D eigenvalue weighted by Gasteiger charge is 2.41. The topological polar surface area (TPSA) is 100 Å². The Hall–Kier alpha value is -6.05. The molecular formula is C46H39N3O4. The maximum Gasteiger partial charge on any atom is 0.176 e. The largest absolute Gasteiger partial charge is 0.468 e. The average molecular weight is 698 g/mol. The van der Waals surface area contributed by atoms with Crippen molar-refractivity contribution in [3.8, 4) is 0 Å². The van der Waals surface area contributed by atoms with Gasteiger partial charge in [-0.25, -0.2) is 0 Å². The van der Waals surface area contributed by atoms with E-state index in [0.29, 0.717) is 42.2 Å². The van der Waals surface area contributed by atoms with E-state index < -0.39 is 11.5 Å². The number of ether oxygens (including phenoxy) is 1. The lowest BCUT2D eigenvalue weighted by Gasteiger charge is -2.38. The van der Waals surface area contributed by atoms with Crippen LogP contribution >= 0.6 is 0 Å². The van der Waals surface area contributed by atoms with E-state index >= 15 is 0 Å². The summed E-state index contributed by atoms with van der Waals surface area (Å²) in [6.07, 6.45) is 13.6. The number of aromatic nitrogens is 2. The number of ketones is 2. The molecule has 1 aliphatic heterocycles. The van der Waals surface area contributed by atoms with E-state index in [9.17, 15) is 9.59 Å². The van der Waals surface area contributed by atoms with Crippen molar-refractivity contribution < 1.29 is 18.7 Å². The number of benzene rings is 3. The molecule has 4 aliphatic rings. The SMILES string of the molecule is C[C@@H]1C(=O)/C2=C3/C=C4CCC(COC(c5ccccc5)(c5ccccc5)c5ccccc5)/C(=N/CCc5cc(c2[nH]cco5)C1=O)C4=Cc1c[nH]cc13. The van der Waals surface area contributed by atoms with Crippen LogP contribution in [0.2, 0.25) is 0 Å². The van der Waals surface area contributed by atoms with Crippen LogP contribution in [-0.4, -0.2) is 40.4 Å². The Balaban J connectivity index is 1.21. The van der Waals surface area contributed by atoms with Crippen molar-refractivity contribution in [2.24, 2.45) is 16.8 Å². The van der Waals surface area contributed by atoms with E-state index in [1.807, 2.05) is 30.6 Å². The van der Waals surface area contributed by atoms with Crippen molar-refractivity contribution in [3.05, 3.63) is 184 Å². The summed E-state index contributed by atoms with van der Waals surface area (Å²) < 4.78 is 13.4. The quantitative estimate of drug-likeness (QED) is 0.137. The zero-order valence-electron chi connectivity index (χ0n) is 29.5. The van der Waals surface area contributed by atoms with E-state index in [1.165, 1.54) is 0 Å². The van der Waals surface area contributed by atoms with Gasteiger partial charge in [0.05, 0.1) is 23.8 Å². The number of Topliss-reactive ketones (excluding diaryl/α,β-unsaturated/α-hetero) is 2. The number of nitrogens with one attached hydrogen (secondary N) is 2. The van der Waals surface area contributed by atoms with E-state index in [4.69, 9.17) is 14.1 Å². The number of nitrogens with zero attached hydrogens (tertiary/aromatic N) is 1. The Morgan fingerprint density at radius 2 is 1.51 bits per heavy atom. The van der Waals surface area contributed by atoms with Gasteiger partial charge in [-0.1, -0.05) is 91.0 Å². The van der Waals surface area contributed by atoms with Crippen LogP contribution in [0, 0.1) is 11.8 Å². The first-order valence-corrected chi connectivity index (χ1v) is 18.3. The molecule has 9 rings (SSSR count). The van der Waals surface area contributed by atoms with Gasteiger partial charge in [-0.05, 0) is 71.4 Å². The third-order valence-corrected chi connectivity index (χ3v) is 11.0. The summed E-state index contributed by atoms with van der Waals surface area (Å²) in [5.41, 5.74) is 9.57. The van der Waals surface area contributed by atoms with Crippen LogP contribution < -0.4 is 0 Å². The van der Waals surface area contributed by atoms with Gasteiger partial charge in [0.1, 0.15) is 17.6 Å². The van der Waals surface area contributed by atoms with E-state index in [1.54, 1.807) is 25.5 Å². The molecule has 1 unspecified atom stereocenters. The third kappa shape index (κ3) is 5.60. The van der Waals surface area contributed by atoms with Crippen LogP contribution in [0.5, 0.6) is 0 Å². The number of aliphatic imine (C=N–C) groups is 1. The van der Waals surface area contributed by atoms with Gasteiger partial charge in [0, 0.05) is 59.9 Å². The van der Waals surface area contributed by atoms with Gasteiger partial charge in [-0.15, -0.1) is 0 Å². The molecule has 2 aromatic heterocycles. The number of aromatic amines is 2. The summed E-state index contributed by atoms with van der Waals surface area (Å²) in [7, 11) is 0. The first-order chi connectivity index (χ1) is 26.0. The molecule has 0 saturated heterocycles. The molecule has 8 bridgehead atoms. The molecule has 0 amide bonds. The summed E-state index contributed by atoms with van der Waals surface area (Å²) in [6, 6.07) is 33.2. The lowest BCUT2D eigenvalue weighted by atomic mass is 9.77. The predicted molar refractivity (Wildman–Crippen MR) is 207 cm³/mol. The third-order valence-electron chi connectivity index (χ3n) is 11.0. The molecular weight excluding hydrogens is 659 g/mol. The molecule has 3 heterocycles. The summed E-state index contributed by atoms with van der Waals surface area (Å²) in [4.78, 5) is 39.8. The zero-order chi connectivity index (χ0) is 35.9. The van der Waals surface area contributed by atoms with Crippen molar-refractivity contribution in [1.29, 1.82) is 0 Å². The highest BCUT2D eigenvalue weighted by Crippen LogP contribution is 2.45. The van der Waals surface area contributed by atoms with Gasteiger partial charge >= 0.3 is 0 Å². The molecule has 1 fully saturated rings. The Bertz CT molecular complexity index is 2310. The normalized spacial score (nSPS) is 21.6. The summed E-state index contributed by atoms with van der Waals surface area (Å²) in [5, 5.41) is 0. The van der Waals surface area contributed by atoms with Gasteiger partial charge in [-0.2, -0.15) is 0 Å². The molecule has 2 atom stereocenters. The number of fused-ring (bicyclic) bond motifs is 4. The van der Waals surface area contributed by atoms with Crippen molar-refractivity contribution in [3.63, 3.8) is 0 Å². The maximum atomic E-state index is 14.2. The molecule has 5 aromatic rings. The van der Waals surface area contributed by atoms with E-state index in [0.717, 1.165) is 63.1 Å². The molecule has 2 N–H and O–H groups in total. The molecule has 7 nitrogen and oxygen atoms in total. The maximum absolute atomic E-state index is 14.2. The minimum Gasteiger partial charge on any atom is -0.468 e. The summed E-state index contributed by atoms with van der Waals surface area (Å²) >= 11 is 0. The molecule has 53 heavy (non-hydrogen) atoms. The van der Waals surface area contributed by atoms with Crippen LogP contribution in [0.1, 0.15) is 69.4 Å². The van der Waals surface area contributed by atoms with Gasteiger partial charge in [0.25, 0.3) is 0 Å². The number of carbonyl (C=O) groups is 2. The molecule has 3 aromatic carbocycles. The van der Waals surface area contributed by atoms with Crippen LogP contribution in [0.4, 0.5) is 0 Å². The second kappa shape index (κ2) is 13.5. The number of hydrogen-bond donors (Lipinski definition) is 2. The molecule has 1 saturated carbocycles. The first kappa shape index (κ1) is 32.8. The number of hydrogen-bond acceptors (Lipinski definition) is 5. The number of carbonyl (C=O) groups excluding carboxylic acids is 2. The van der Waals surface area contributed by atoms with E-state index in [-0.39, 0.29) is 17.5 Å². The molecule has 7 heteroatoms. The minimum atomic E-state index is -0.865. The summed E-state index contributed by atoms with van der Waals surface area (Å²) in [5.74, 6) is -0.644. The van der Waals surface area contributed by atoms with Crippen molar-refractivity contribution >= 4 is 34.5 Å². The standard InChI is InChI=1S/C46H39N3O4/c1-29-44(50)39-25-36-19-20-48-42-31(28-53-46(33-11-5-2-6-12-33,34-13-7-3-8-14-34)35-15-9-4-10-16-35)18-17-30-23-38(40-27-47-26-32(40)24-37(30)42)41(45(29)51)43(39)49-21-22-52-36/h2-16,21-27,29,31,47,49H,17-20,28H2,1H3/b22-21?,36-25?,41-38-,48-42-/t29-,31?/m0/s1. The first-order valence-electron chi connectivity index (χ1n) is 18.3. The second-order valence-electron chi connectivity index (χ2n) is 14.1. The number of rotatable bonds is 6. The fourth-order valence-corrected chi connectivity index (χ4v) is 8.38. The molecule has 0 spiro atoms. The van der Waals surface area contributed by atoms with Gasteiger partial charge < -0.3 is 19.1 Å². The Morgan fingerprint density at radius 1 is 0.830 bits per heavy atom. The molecule has 0 radical (unpaired) electrons. The fraction of sp³-hybridized carbons (Fsp3) is 0.196. The van der Waals surface area contributed by atoms with Crippen molar-refractivity contribution in [2.75, 3.05) is 13.2 Å². The molecule has 262 valence electrons. The highest BCUT2D eigenvalue weighted by molar-refractivity contribution is 6.39. The van der Waals surface area contributed by atoms with Gasteiger partial charge in [0.15, 0.2) is 11.6 Å². The van der Waals surface area contributed by atoms with Crippen LogP contribution in [-0.2, 0) is 21.6 Å². The minimum absolute atomic E-state index is 0.0276. The predicted octanol–water partition coefficient (Wildman–Crippen LogP) is 9.11. The Morgan fingerprint density at radius 3 is 2.19 bits per heavy atom. The Kier molecular flexibility index (Phi) is 8.36. The highest BCUT2D eigenvalue weighted by atomic mass is 16.5. The van der Waals surface area contributed by atoms with Gasteiger partial charge in [0.2, 0.25) is 0 Å². The Labute approximate surface area is 308 Å². The summed E-state index contributed by atoms with van der Waals surface area (Å²) in [6.45, 7) is 2.57. The van der Waals surface area contributed by atoms with Gasteiger partial charge in [-0.3, -0.25) is 14.6 Å². The smallest absolute Gasteiger partial charge is 0.176 e. The average Bonchev–Trinajstić information content (AvgIpc) is 3.59. The number of H-pyrrole nitrogens is 2. The second-order valence-corrected chi connectivity index (χ2v) is 14.1. The monoisotopic (exact) mass is 697 g/mol. The van der Waals surface area contributed by atoms with Crippen LogP contribution in [0.25, 0.3) is 17.2 Å².